The van der Waals surface area contributed by atoms with Crippen LogP contribution in [0, 0.1) is 0 Å². The number of aromatic nitrogens is 2. The molecule has 6 nitrogen and oxygen atoms in total. The van der Waals surface area contributed by atoms with Crippen molar-refractivity contribution in [1.82, 2.24) is 20.4 Å². The topological polar surface area (TPSA) is 79.2 Å². The van der Waals surface area contributed by atoms with Crippen LogP contribution in [0.25, 0.3) is 0 Å². The molecule has 0 fully saturated rings. The van der Waals surface area contributed by atoms with Gasteiger partial charge >= 0.3 is 6.03 Å². The summed E-state index contributed by atoms with van der Waals surface area (Å²) in [5.41, 5.74) is 0.423. The van der Waals surface area contributed by atoms with E-state index in [1.807, 2.05) is 25.1 Å². The predicted octanol–water partition coefficient (Wildman–Crippen LogP) is 2.29. The average Bonchev–Trinajstić information content (AvgIpc) is 3.01. The standard InChI is InChI=1S/C19H28N4O2/c1-14(18(2,3)15-9-7-6-8-10-15)22-17(24)20-13-19(4,25)16-11-21-23(5)12-16/h6-12,14,25H,13H2,1-5H3,(H2,20,22,24). The second-order valence-electron chi connectivity index (χ2n) is 7.31. The second kappa shape index (κ2) is 7.27. The molecule has 3 N–H and O–H groups in total. The first-order chi connectivity index (χ1) is 11.6. The number of carbonyl (C=O) groups is 1. The predicted molar refractivity (Wildman–Crippen MR) is 98.2 cm³/mol. The third-order valence-electron chi connectivity index (χ3n) is 4.87. The van der Waals surface area contributed by atoms with Crippen LogP contribution >= 0.6 is 0 Å². The van der Waals surface area contributed by atoms with Gasteiger partial charge < -0.3 is 15.7 Å². The highest BCUT2D eigenvalue weighted by Crippen LogP contribution is 2.26. The van der Waals surface area contributed by atoms with Crippen LogP contribution in [0.2, 0.25) is 0 Å². The molecule has 0 aliphatic carbocycles. The van der Waals surface area contributed by atoms with Gasteiger partial charge in [-0.05, 0) is 19.4 Å². The van der Waals surface area contributed by atoms with Crippen molar-refractivity contribution >= 4 is 6.03 Å². The minimum atomic E-state index is -1.18. The number of amides is 2. The molecule has 0 radical (unpaired) electrons. The van der Waals surface area contributed by atoms with Crippen molar-refractivity contribution in [1.29, 1.82) is 0 Å². The van der Waals surface area contributed by atoms with Crippen LogP contribution < -0.4 is 10.6 Å². The van der Waals surface area contributed by atoms with Crippen molar-refractivity contribution in [3.63, 3.8) is 0 Å². The highest BCUT2D eigenvalue weighted by atomic mass is 16.3. The van der Waals surface area contributed by atoms with E-state index < -0.39 is 5.60 Å². The highest BCUT2D eigenvalue weighted by molar-refractivity contribution is 5.74. The van der Waals surface area contributed by atoms with Crippen molar-refractivity contribution in [3.05, 3.63) is 53.9 Å². The normalized spacial score (nSPS) is 15.3. The maximum absolute atomic E-state index is 12.3. The third-order valence-corrected chi connectivity index (χ3v) is 4.87. The molecule has 2 amide bonds. The maximum atomic E-state index is 12.3. The lowest BCUT2D eigenvalue weighted by atomic mass is 9.78. The summed E-state index contributed by atoms with van der Waals surface area (Å²) < 4.78 is 1.62. The quantitative estimate of drug-likeness (QED) is 0.752. The molecule has 25 heavy (non-hydrogen) atoms. The molecule has 0 spiro atoms. The van der Waals surface area contributed by atoms with Crippen molar-refractivity contribution < 1.29 is 9.90 Å². The van der Waals surface area contributed by atoms with Crippen molar-refractivity contribution in [2.45, 2.75) is 44.8 Å². The molecule has 6 heteroatoms. The molecule has 0 aliphatic rings. The van der Waals surface area contributed by atoms with E-state index in [0.29, 0.717) is 5.56 Å². The van der Waals surface area contributed by atoms with Gasteiger partial charge in [0.1, 0.15) is 5.60 Å². The number of aryl methyl sites for hydroxylation is 1. The number of hydrogen-bond donors (Lipinski definition) is 3. The number of benzene rings is 1. The van der Waals surface area contributed by atoms with Crippen LogP contribution in [0.3, 0.4) is 0 Å². The van der Waals surface area contributed by atoms with E-state index in [-0.39, 0.29) is 24.0 Å². The lowest BCUT2D eigenvalue weighted by Gasteiger charge is -2.33. The monoisotopic (exact) mass is 344 g/mol. The lowest BCUT2D eigenvalue weighted by molar-refractivity contribution is 0.0591. The van der Waals surface area contributed by atoms with E-state index in [4.69, 9.17) is 0 Å². The number of nitrogens with zero attached hydrogens (tertiary/aromatic N) is 2. The summed E-state index contributed by atoms with van der Waals surface area (Å²) >= 11 is 0. The van der Waals surface area contributed by atoms with E-state index >= 15 is 0 Å². The molecule has 2 atom stereocenters. The fourth-order valence-electron chi connectivity index (χ4n) is 2.60. The lowest BCUT2D eigenvalue weighted by Crippen LogP contribution is -2.51. The minimum absolute atomic E-state index is 0.0850. The zero-order chi connectivity index (χ0) is 18.7. The summed E-state index contributed by atoms with van der Waals surface area (Å²) in [7, 11) is 1.78. The molecule has 0 saturated heterocycles. The van der Waals surface area contributed by atoms with Crippen molar-refractivity contribution in [2.24, 2.45) is 7.05 Å². The molecular weight excluding hydrogens is 316 g/mol. The van der Waals surface area contributed by atoms with E-state index in [1.165, 1.54) is 0 Å². The molecule has 136 valence electrons. The Balaban J connectivity index is 1.93. The molecule has 0 bridgehead atoms. The summed E-state index contributed by atoms with van der Waals surface area (Å²) in [6.45, 7) is 7.93. The first kappa shape index (κ1) is 19.0. The summed E-state index contributed by atoms with van der Waals surface area (Å²) in [6, 6.07) is 9.69. The van der Waals surface area contributed by atoms with Gasteiger partial charge in [-0.15, -0.1) is 0 Å². The third kappa shape index (κ3) is 4.60. The van der Waals surface area contributed by atoms with Gasteiger partial charge in [0.15, 0.2) is 0 Å². The van der Waals surface area contributed by atoms with Crippen LogP contribution in [-0.2, 0) is 18.1 Å². The minimum Gasteiger partial charge on any atom is -0.383 e. The molecule has 1 heterocycles. The zero-order valence-corrected chi connectivity index (χ0v) is 15.6. The number of carbonyl (C=O) groups excluding carboxylic acids is 1. The van der Waals surface area contributed by atoms with Gasteiger partial charge in [0.25, 0.3) is 0 Å². The fourth-order valence-corrected chi connectivity index (χ4v) is 2.60. The largest absolute Gasteiger partial charge is 0.383 e. The SMILES string of the molecule is CC(NC(=O)NCC(C)(O)c1cnn(C)c1)C(C)(C)c1ccccc1. The van der Waals surface area contributed by atoms with Crippen molar-refractivity contribution in [3.8, 4) is 0 Å². The number of hydrogen-bond acceptors (Lipinski definition) is 3. The number of nitrogens with one attached hydrogen (secondary N) is 2. The van der Waals surface area contributed by atoms with Crippen LogP contribution in [0.1, 0.15) is 38.8 Å². The Morgan fingerprint density at radius 1 is 1.24 bits per heavy atom. The highest BCUT2D eigenvalue weighted by Gasteiger charge is 2.30. The summed E-state index contributed by atoms with van der Waals surface area (Å²) in [4.78, 5) is 12.3. The second-order valence-corrected chi connectivity index (χ2v) is 7.31. The first-order valence-electron chi connectivity index (χ1n) is 8.44. The van der Waals surface area contributed by atoms with Crippen LogP contribution in [0.4, 0.5) is 4.79 Å². The first-order valence-corrected chi connectivity index (χ1v) is 8.44. The van der Waals surface area contributed by atoms with Gasteiger partial charge in [-0.2, -0.15) is 5.10 Å². The summed E-state index contributed by atoms with van der Waals surface area (Å²) in [5.74, 6) is 0. The van der Waals surface area contributed by atoms with Crippen molar-refractivity contribution in [2.75, 3.05) is 6.54 Å². The molecule has 0 saturated carbocycles. The summed E-state index contributed by atoms with van der Waals surface area (Å²) in [6.07, 6.45) is 3.33. The molecule has 2 aromatic rings. The van der Waals surface area contributed by atoms with Crippen LogP contribution in [0.5, 0.6) is 0 Å². The van der Waals surface area contributed by atoms with E-state index in [2.05, 4.69) is 41.7 Å². The maximum Gasteiger partial charge on any atom is 0.315 e. The molecule has 2 unspecified atom stereocenters. The van der Waals surface area contributed by atoms with E-state index in [0.717, 1.165) is 5.56 Å². The molecular formula is C19H28N4O2. The van der Waals surface area contributed by atoms with E-state index in [9.17, 15) is 9.90 Å². The van der Waals surface area contributed by atoms with Gasteiger partial charge in [-0.1, -0.05) is 44.2 Å². The van der Waals surface area contributed by atoms with E-state index in [1.54, 1.807) is 31.0 Å². The smallest absolute Gasteiger partial charge is 0.315 e. The van der Waals surface area contributed by atoms with Crippen LogP contribution in [-0.4, -0.2) is 33.5 Å². The summed E-state index contributed by atoms with van der Waals surface area (Å²) in [5, 5.41) is 20.3. The molecule has 0 aliphatic heterocycles. The Hall–Kier alpha value is -2.34. The Kier molecular flexibility index (Phi) is 5.52. The van der Waals surface area contributed by atoms with Gasteiger partial charge in [0, 0.05) is 30.3 Å². The Morgan fingerprint density at radius 3 is 2.44 bits per heavy atom. The molecule has 1 aromatic carbocycles. The Morgan fingerprint density at radius 2 is 1.88 bits per heavy atom. The average molecular weight is 344 g/mol. The Bertz CT molecular complexity index is 707. The zero-order valence-electron chi connectivity index (χ0n) is 15.6. The number of rotatable bonds is 6. The molecule has 1 aromatic heterocycles. The Labute approximate surface area is 149 Å². The molecule has 2 rings (SSSR count). The number of urea groups is 1. The van der Waals surface area contributed by atoms with Gasteiger partial charge in [-0.3, -0.25) is 4.68 Å². The van der Waals surface area contributed by atoms with Gasteiger partial charge in [-0.25, -0.2) is 4.79 Å². The van der Waals surface area contributed by atoms with Gasteiger partial charge in [0.2, 0.25) is 0 Å². The fraction of sp³-hybridized carbons (Fsp3) is 0.474. The number of aliphatic hydroxyl groups is 1. The van der Waals surface area contributed by atoms with Gasteiger partial charge in [0.05, 0.1) is 12.7 Å². The van der Waals surface area contributed by atoms with Crippen LogP contribution in [0.15, 0.2) is 42.7 Å².